The van der Waals surface area contributed by atoms with Gasteiger partial charge in [0.1, 0.15) is 5.75 Å². The van der Waals surface area contributed by atoms with Gasteiger partial charge >= 0.3 is 0 Å². The number of benzene rings is 1. The molecule has 1 aromatic carbocycles. The molecule has 5 heteroatoms. The molecule has 1 atom stereocenters. The molecule has 164 valence electrons. The molecule has 0 aliphatic heterocycles. The third-order valence-electron chi connectivity index (χ3n) is 7.46. The minimum absolute atomic E-state index is 0.128. The van der Waals surface area contributed by atoms with Crippen LogP contribution < -0.4 is 15.4 Å². The molecule has 4 aliphatic rings. The molecule has 0 heterocycles. The Labute approximate surface area is 180 Å². The topological polar surface area (TPSA) is 67.4 Å². The first-order valence-electron chi connectivity index (χ1n) is 11.7. The van der Waals surface area contributed by atoms with Crippen molar-refractivity contribution in [2.24, 2.45) is 23.2 Å². The van der Waals surface area contributed by atoms with Crippen LogP contribution in [0.15, 0.2) is 24.3 Å². The van der Waals surface area contributed by atoms with Gasteiger partial charge in [-0.2, -0.15) is 0 Å². The van der Waals surface area contributed by atoms with Crippen molar-refractivity contribution in [3.8, 4) is 5.75 Å². The third kappa shape index (κ3) is 4.50. The van der Waals surface area contributed by atoms with Gasteiger partial charge in [0.25, 0.3) is 5.91 Å². The fraction of sp³-hybridized carbons (Fsp3) is 0.680. The molecule has 4 fully saturated rings. The minimum Gasteiger partial charge on any atom is -0.481 e. The van der Waals surface area contributed by atoms with E-state index in [1.165, 1.54) is 24.8 Å². The minimum atomic E-state index is -0.575. The Kier molecular flexibility index (Phi) is 6.08. The van der Waals surface area contributed by atoms with E-state index in [1.54, 1.807) is 6.92 Å². The molecule has 1 aromatic rings. The van der Waals surface area contributed by atoms with E-state index in [4.69, 9.17) is 4.74 Å². The lowest BCUT2D eigenvalue weighted by atomic mass is 9.49. The maximum Gasteiger partial charge on any atom is 0.260 e. The second-order valence-corrected chi connectivity index (χ2v) is 10.2. The van der Waals surface area contributed by atoms with E-state index in [0.717, 1.165) is 37.0 Å². The van der Waals surface area contributed by atoms with Crippen molar-refractivity contribution in [3.63, 3.8) is 0 Å². The van der Waals surface area contributed by atoms with Gasteiger partial charge in [-0.05, 0) is 86.8 Å². The van der Waals surface area contributed by atoms with Crippen LogP contribution in [0.2, 0.25) is 0 Å². The SMILES string of the molecule is CC(Oc1ccc(C(C)C)cc1)C(=O)NCCNC(=O)C12CC3CC(CC(C3)C1)C2. The predicted molar refractivity (Wildman–Crippen MR) is 117 cm³/mol. The highest BCUT2D eigenvalue weighted by Gasteiger charge is 2.54. The van der Waals surface area contributed by atoms with Crippen LogP contribution in [0.3, 0.4) is 0 Å². The Balaban J connectivity index is 1.19. The van der Waals surface area contributed by atoms with Crippen molar-refractivity contribution in [2.45, 2.75) is 71.3 Å². The van der Waals surface area contributed by atoms with Gasteiger partial charge in [0.15, 0.2) is 6.10 Å². The predicted octanol–water partition coefficient (Wildman–Crippen LogP) is 4.03. The summed E-state index contributed by atoms with van der Waals surface area (Å²) in [4.78, 5) is 25.3. The first-order chi connectivity index (χ1) is 14.3. The Hall–Kier alpha value is -2.04. The molecule has 0 spiro atoms. The van der Waals surface area contributed by atoms with Crippen LogP contribution in [-0.2, 0) is 9.59 Å². The van der Waals surface area contributed by atoms with Gasteiger partial charge < -0.3 is 15.4 Å². The smallest absolute Gasteiger partial charge is 0.260 e. The Bertz CT molecular complexity index is 736. The van der Waals surface area contributed by atoms with Gasteiger partial charge in [-0.1, -0.05) is 26.0 Å². The zero-order chi connectivity index (χ0) is 21.3. The molecule has 30 heavy (non-hydrogen) atoms. The van der Waals surface area contributed by atoms with Crippen molar-refractivity contribution in [3.05, 3.63) is 29.8 Å². The highest BCUT2D eigenvalue weighted by atomic mass is 16.5. The monoisotopic (exact) mass is 412 g/mol. The summed E-state index contributed by atoms with van der Waals surface area (Å²) in [7, 11) is 0. The molecule has 1 unspecified atom stereocenters. The van der Waals surface area contributed by atoms with Crippen LogP contribution in [-0.4, -0.2) is 31.0 Å². The highest BCUT2D eigenvalue weighted by molar-refractivity contribution is 5.83. The molecule has 0 saturated heterocycles. The maximum absolute atomic E-state index is 12.9. The number of carbonyl (C=O) groups is 2. The molecule has 5 nitrogen and oxygen atoms in total. The maximum atomic E-state index is 12.9. The number of carbonyl (C=O) groups excluding carboxylic acids is 2. The molecular weight excluding hydrogens is 376 g/mol. The van der Waals surface area contributed by atoms with Crippen LogP contribution >= 0.6 is 0 Å². The summed E-state index contributed by atoms with van der Waals surface area (Å²) in [5.41, 5.74) is 1.12. The van der Waals surface area contributed by atoms with E-state index in [1.807, 2.05) is 24.3 Å². The van der Waals surface area contributed by atoms with E-state index < -0.39 is 6.10 Å². The van der Waals surface area contributed by atoms with Gasteiger partial charge in [0, 0.05) is 18.5 Å². The van der Waals surface area contributed by atoms with E-state index >= 15 is 0 Å². The van der Waals surface area contributed by atoms with E-state index in [0.29, 0.717) is 24.8 Å². The fourth-order valence-corrected chi connectivity index (χ4v) is 6.27. The van der Waals surface area contributed by atoms with Gasteiger partial charge in [0.05, 0.1) is 0 Å². The number of hydrogen-bond donors (Lipinski definition) is 2. The molecule has 0 radical (unpaired) electrons. The average molecular weight is 413 g/mol. The average Bonchev–Trinajstić information content (AvgIpc) is 2.70. The number of hydrogen-bond acceptors (Lipinski definition) is 3. The molecule has 5 rings (SSSR count). The van der Waals surface area contributed by atoms with Crippen molar-refractivity contribution in [1.82, 2.24) is 10.6 Å². The summed E-state index contributed by atoms with van der Waals surface area (Å²) in [6.07, 6.45) is 6.63. The van der Waals surface area contributed by atoms with Crippen molar-refractivity contribution < 1.29 is 14.3 Å². The van der Waals surface area contributed by atoms with E-state index in [2.05, 4.69) is 24.5 Å². The van der Waals surface area contributed by atoms with Gasteiger partial charge in [-0.15, -0.1) is 0 Å². The highest BCUT2D eigenvalue weighted by Crippen LogP contribution is 2.60. The summed E-state index contributed by atoms with van der Waals surface area (Å²) >= 11 is 0. The zero-order valence-electron chi connectivity index (χ0n) is 18.6. The number of ether oxygens (including phenoxy) is 1. The first kappa shape index (κ1) is 21.2. The Morgan fingerprint density at radius 2 is 1.47 bits per heavy atom. The standard InChI is InChI=1S/C25H36N2O3/c1-16(2)21-4-6-22(7-5-21)30-17(3)23(28)26-8-9-27-24(29)25-13-18-10-19(14-25)12-20(11-18)15-25/h4-7,16-20H,8-15H2,1-3H3,(H,26,28)(H,27,29). The van der Waals surface area contributed by atoms with Gasteiger partial charge in [0.2, 0.25) is 5.91 Å². The molecular formula is C25H36N2O3. The summed E-state index contributed by atoms with van der Waals surface area (Å²) in [6.45, 7) is 6.95. The van der Waals surface area contributed by atoms with Crippen LogP contribution in [0.25, 0.3) is 0 Å². The molecule has 2 N–H and O–H groups in total. The van der Waals surface area contributed by atoms with Crippen LogP contribution in [0.4, 0.5) is 0 Å². The van der Waals surface area contributed by atoms with Crippen molar-refractivity contribution in [1.29, 1.82) is 0 Å². The van der Waals surface area contributed by atoms with E-state index in [9.17, 15) is 9.59 Å². The Morgan fingerprint density at radius 1 is 0.933 bits per heavy atom. The van der Waals surface area contributed by atoms with Crippen molar-refractivity contribution in [2.75, 3.05) is 13.1 Å². The van der Waals surface area contributed by atoms with E-state index in [-0.39, 0.29) is 17.2 Å². The summed E-state index contributed by atoms with van der Waals surface area (Å²) in [6, 6.07) is 7.88. The quantitative estimate of drug-likeness (QED) is 0.634. The summed E-state index contributed by atoms with van der Waals surface area (Å²) in [5, 5.41) is 5.99. The molecule has 4 saturated carbocycles. The van der Waals surface area contributed by atoms with Crippen LogP contribution in [0.5, 0.6) is 5.75 Å². The first-order valence-corrected chi connectivity index (χ1v) is 11.7. The fourth-order valence-electron chi connectivity index (χ4n) is 6.27. The lowest BCUT2D eigenvalue weighted by Crippen LogP contribution is -2.54. The molecule has 0 aromatic heterocycles. The third-order valence-corrected chi connectivity index (χ3v) is 7.46. The van der Waals surface area contributed by atoms with Crippen LogP contribution in [0.1, 0.15) is 70.8 Å². The second-order valence-electron chi connectivity index (χ2n) is 10.2. The largest absolute Gasteiger partial charge is 0.481 e. The normalized spacial score (nSPS) is 30.2. The number of amides is 2. The summed E-state index contributed by atoms with van der Waals surface area (Å²) < 4.78 is 5.75. The Morgan fingerprint density at radius 3 is 2.00 bits per heavy atom. The molecule has 4 aliphatic carbocycles. The lowest BCUT2D eigenvalue weighted by molar-refractivity contribution is -0.146. The van der Waals surface area contributed by atoms with Crippen molar-refractivity contribution >= 4 is 11.8 Å². The number of rotatable bonds is 8. The zero-order valence-corrected chi connectivity index (χ0v) is 18.6. The van der Waals surface area contributed by atoms with Crippen LogP contribution in [0, 0.1) is 23.2 Å². The van der Waals surface area contributed by atoms with Gasteiger partial charge in [-0.3, -0.25) is 9.59 Å². The summed E-state index contributed by atoms with van der Waals surface area (Å²) in [5.74, 6) is 3.49. The molecule has 2 amide bonds. The second kappa shape index (κ2) is 8.60. The lowest BCUT2D eigenvalue weighted by Gasteiger charge is -2.55. The van der Waals surface area contributed by atoms with Gasteiger partial charge in [-0.25, -0.2) is 0 Å². The molecule has 4 bridgehead atoms. The number of nitrogens with one attached hydrogen (secondary N) is 2.